The molecule has 2 saturated heterocycles. The van der Waals surface area contributed by atoms with E-state index in [4.69, 9.17) is 0 Å². The van der Waals surface area contributed by atoms with Crippen LogP contribution in [0.2, 0.25) is 0 Å². The zero-order chi connectivity index (χ0) is 16.6. The lowest BCUT2D eigenvalue weighted by atomic mass is 9.84. The number of rotatable bonds is 2. The van der Waals surface area contributed by atoms with Gasteiger partial charge in [-0.1, -0.05) is 24.6 Å². The van der Waals surface area contributed by atoms with Crippen LogP contribution in [-0.2, 0) is 4.79 Å². The molecule has 2 heterocycles. The summed E-state index contributed by atoms with van der Waals surface area (Å²) in [4.78, 5) is 29.4. The van der Waals surface area contributed by atoms with Crippen molar-refractivity contribution in [3.05, 3.63) is 35.9 Å². The van der Waals surface area contributed by atoms with Gasteiger partial charge in [-0.05, 0) is 37.8 Å². The fourth-order valence-corrected chi connectivity index (χ4v) is 5.49. The molecule has 0 N–H and O–H groups in total. The predicted molar refractivity (Wildman–Crippen MR) is 95.8 cm³/mol. The Balaban J connectivity index is 1.45. The third kappa shape index (κ3) is 2.73. The minimum absolute atomic E-state index is 0.108. The Morgan fingerprint density at radius 2 is 1.75 bits per heavy atom. The molecule has 0 radical (unpaired) electrons. The van der Waals surface area contributed by atoms with Crippen LogP contribution in [-0.4, -0.2) is 51.9 Å². The fourth-order valence-electron chi connectivity index (χ4n) is 4.04. The molecule has 0 aromatic heterocycles. The van der Waals surface area contributed by atoms with Crippen molar-refractivity contribution in [3.63, 3.8) is 0 Å². The number of likely N-dealkylation sites (tertiary alicyclic amines) is 1. The molecule has 128 valence electrons. The van der Waals surface area contributed by atoms with Gasteiger partial charge in [0.2, 0.25) is 5.91 Å². The molecule has 4 rings (SSSR count). The molecule has 1 spiro atoms. The van der Waals surface area contributed by atoms with Crippen LogP contribution in [0.3, 0.4) is 0 Å². The SMILES string of the molecule is O=C(C1CCC1)N1CCC2(CC1)SCCN2C(=O)c1ccccc1. The highest BCUT2D eigenvalue weighted by atomic mass is 32.2. The first-order chi connectivity index (χ1) is 11.7. The molecule has 3 fully saturated rings. The topological polar surface area (TPSA) is 40.6 Å². The van der Waals surface area contributed by atoms with Gasteiger partial charge in [0, 0.05) is 36.9 Å². The standard InChI is InChI=1S/C19H24N2O2S/c22-17(15-7-4-8-15)20-11-9-19(10-12-20)21(13-14-24-19)18(23)16-5-2-1-3-6-16/h1-3,5-6,15H,4,7-14H2. The highest BCUT2D eigenvalue weighted by molar-refractivity contribution is 8.00. The normalized spacial score (nSPS) is 23.3. The first kappa shape index (κ1) is 16.0. The van der Waals surface area contributed by atoms with Crippen LogP contribution in [0.5, 0.6) is 0 Å². The molecular weight excluding hydrogens is 320 g/mol. The van der Waals surface area contributed by atoms with Crippen molar-refractivity contribution in [1.82, 2.24) is 9.80 Å². The molecule has 3 aliphatic rings. The summed E-state index contributed by atoms with van der Waals surface area (Å²) < 4.78 is 0. The number of carbonyl (C=O) groups is 2. The fraction of sp³-hybridized carbons (Fsp3) is 0.579. The second-order valence-corrected chi connectivity index (χ2v) is 8.53. The van der Waals surface area contributed by atoms with Crippen LogP contribution < -0.4 is 0 Å². The Hall–Kier alpha value is -1.49. The second kappa shape index (κ2) is 6.43. The third-order valence-corrected chi connectivity index (χ3v) is 7.31. The highest BCUT2D eigenvalue weighted by Crippen LogP contribution is 2.45. The molecule has 1 saturated carbocycles. The largest absolute Gasteiger partial charge is 0.342 e. The maximum absolute atomic E-state index is 12.9. The van der Waals surface area contributed by atoms with E-state index in [0.717, 1.165) is 56.6 Å². The highest BCUT2D eigenvalue weighted by Gasteiger charge is 2.47. The van der Waals surface area contributed by atoms with Crippen LogP contribution in [0, 0.1) is 5.92 Å². The molecule has 1 aromatic carbocycles. The molecule has 5 heteroatoms. The number of thioether (sulfide) groups is 1. The van der Waals surface area contributed by atoms with E-state index in [0.29, 0.717) is 5.91 Å². The van der Waals surface area contributed by atoms with Crippen molar-refractivity contribution in [1.29, 1.82) is 0 Å². The Kier molecular flexibility index (Phi) is 4.29. The van der Waals surface area contributed by atoms with Gasteiger partial charge >= 0.3 is 0 Å². The molecule has 4 nitrogen and oxygen atoms in total. The average molecular weight is 344 g/mol. The van der Waals surface area contributed by atoms with Crippen molar-refractivity contribution < 1.29 is 9.59 Å². The van der Waals surface area contributed by atoms with E-state index >= 15 is 0 Å². The van der Waals surface area contributed by atoms with Crippen LogP contribution >= 0.6 is 11.8 Å². The number of amides is 2. The summed E-state index contributed by atoms with van der Waals surface area (Å²) in [6.07, 6.45) is 5.12. The average Bonchev–Trinajstić information content (AvgIpc) is 2.97. The van der Waals surface area contributed by atoms with Gasteiger partial charge in [-0.3, -0.25) is 9.59 Å². The van der Waals surface area contributed by atoms with E-state index in [1.165, 1.54) is 6.42 Å². The minimum Gasteiger partial charge on any atom is -0.342 e. The van der Waals surface area contributed by atoms with Crippen molar-refractivity contribution in [2.24, 2.45) is 5.92 Å². The van der Waals surface area contributed by atoms with Gasteiger partial charge < -0.3 is 9.80 Å². The molecule has 24 heavy (non-hydrogen) atoms. The molecule has 0 atom stereocenters. The quantitative estimate of drug-likeness (QED) is 0.828. The smallest absolute Gasteiger partial charge is 0.254 e. The van der Waals surface area contributed by atoms with Crippen LogP contribution in [0.4, 0.5) is 0 Å². The van der Waals surface area contributed by atoms with Crippen LogP contribution in [0.25, 0.3) is 0 Å². The summed E-state index contributed by atoms with van der Waals surface area (Å²) >= 11 is 1.91. The summed E-state index contributed by atoms with van der Waals surface area (Å²) in [6, 6.07) is 9.57. The van der Waals surface area contributed by atoms with Gasteiger partial charge in [0.1, 0.15) is 0 Å². The number of piperidine rings is 1. The van der Waals surface area contributed by atoms with E-state index in [-0.39, 0.29) is 16.7 Å². The zero-order valence-electron chi connectivity index (χ0n) is 13.9. The van der Waals surface area contributed by atoms with Crippen molar-refractivity contribution in [2.45, 2.75) is 37.0 Å². The maximum atomic E-state index is 12.9. The molecule has 1 aromatic rings. The van der Waals surface area contributed by atoms with Gasteiger partial charge in [-0.2, -0.15) is 0 Å². The number of nitrogens with zero attached hydrogens (tertiary/aromatic N) is 2. The van der Waals surface area contributed by atoms with Gasteiger partial charge in [-0.15, -0.1) is 11.8 Å². The number of carbonyl (C=O) groups excluding carboxylic acids is 2. The lowest BCUT2D eigenvalue weighted by Gasteiger charge is -2.45. The monoisotopic (exact) mass is 344 g/mol. The lowest BCUT2D eigenvalue weighted by molar-refractivity contribution is -0.139. The second-order valence-electron chi connectivity index (χ2n) is 7.07. The summed E-state index contributed by atoms with van der Waals surface area (Å²) in [5.41, 5.74) is 0.771. The van der Waals surface area contributed by atoms with Crippen molar-refractivity contribution >= 4 is 23.6 Å². The van der Waals surface area contributed by atoms with E-state index < -0.39 is 0 Å². The Labute approximate surface area is 147 Å². The maximum Gasteiger partial charge on any atom is 0.254 e. The van der Waals surface area contributed by atoms with E-state index in [9.17, 15) is 9.59 Å². The van der Waals surface area contributed by atoms with E-state index in [2.05, 4.69) is 4.90 Å². The van der Waals surface area contributed by atoms with Crippen molar-refractivity contribution in [3.8, 4) is 0 Å². The lowest BCUT2D eigenvalue weighted by Crippen LogP contribution is -2.54. The summed E-state index contributed by atoms with van der Waals surface area (Å²) in [5, 5.41) is 0. The Morgan fingerprint density at radius 3 is 2.38 bits per heavy atom. The molecule has 2 amide bonds. The molecule has 2 aliphatic heterocycles. The molecule has 0 bridgehead atoms. The Bertz CT molecular complexity index is 622. The Morgan fingerprint density at radius 1 is 1.04 bits per heavy atom. The minimum atomic E-state index is -0.108. The summed E-state index contributed by atoms with van der Waals surface area (Å²) in [5.74, 6) is 1.76. The zero-order valence-corrected chi connectivity index (χ0v) is 14.8. The van der Waals surface area contributed by atoms with Gasteiger partial charge in [0.25, 0.3) is 5.91 Å². The molecule has 0 unspecified atom stereocenters. The number of benzene rings is 1. The molecule has 1 aliphatic carbocycles. The van der Waals surface area contributed by atoms with Gasteiger partial charge in [0.05, 0.1) is 4.87 Å². The van der Waals surface area contributed by atoms with E-state index in [1.54, 1.807) is 0 Å². The third-order valence-electron chi connectivity index (χ3n) is 5.75. The summed E-state index contributed by atoms with van der Waals surface area (Å²) in [6.45, 7) is 2.40. The van der Waals surface area contributed by atoms with E-state index in [1.807, 2.05) is 47.0 Å². The first-order valence-electron chi connectivity index (χ1n) is 8.99. The first-order valence-corrected chi connectivity index (χ1v) is 9.98. The predicted octanol–water partition coefficient (Wildman–Crippen LogP) is 2.99. The van der Waals surface area contributed by atoms with Gasteiger partial charge in [-0.25, -0.2) is 0 Å². The number of hydrogen-bond acceptors (Lipinski definition) is 3. The number of hydrogen-bond donors (Lipinski definition) is 0. The van der Waals surface area contributed by atoms with Crippen LogP contribution in [0.15, 0.2) is 30.3 Å². The summed E-state index contributed by atoms with van der Waals surface area (Å²) in [7, 11) is 0. The van der Waals surface area contributed by atoms with Crippen molar-refractivity contribution in [2.75, 3.05) is 25.4 Å². The molecular formula is C19H24N2O2S. The van der Waals surface area contributed by atoms with Gasteiger partial charge in [0.15, 0.2) is 0 Å². The van der Waals surface area contributed by atoms with Crippen LogP contribution in [0.1, 0.15) is 42.5 Å².